The monoisotopic (exact) mass is 157 g/mol. The van der Waals surface area contributed by atoms with Gasteiger partial charge in [0.05, 0.1) is 11.6 Å². The van der Waals surface area contributed by atoms with E-state index in [0.717, 1.165) is 11.4 Å². The largest absolute Gasteiger partial charge is 0.396 e. The molecule has 1 aliphatic heterocycles. The van der Waals surface area contributed by atoms with Crippen LogP contribution < -0.4 is 0 Å². The molecule has 0 spiro atoms. The van der Waals surface area contributed by atoms with E-state index in [9.17, 15) is 0 Å². The van der Waals surface area contributed by atoms with Gasteiger partial charge in [0.25, 0.3) is 0 Å². The van der Waals surface area contributed by atoms with Crippen LogP contribution in [0, 0.1) is 5.92 Å². The lowest BCUT2D eigenvalue weighted by molar-refractivity contribution is 0.264. The van der Waals surface area contributed by atoms with Crippen LogP contribution in [0.4, 0.5) is 0 Å². The first-order valence-corrected chi connectivity index (χ1v) is 4.48. The summed E-state index contributed by atoms with van der Waals surface area (Å²) >= 11 is 1.64. The van der Waals surface area contributed by atoms with Gasteiger partial charge < -0.3 is 5.11 Å². The van der Waals surface area contributed by atoms with E-state index in [-0.39, 0.29) is 12.5 Å². The van der Waals surface area contributed by atoms with Gasteiger partial charge in [0.1, 0.15) is 0 Å². The van der Waals surface area contributed by atoms with Crippen LogP contribution in [0.5, 0.6) is 0 Å². The summed E-state index contributed by atoms with van der Waals surface area (Å²) in [7, 11) is 0. The number of aliphatic hydroxyl groups excluding tert-OH is 1. The van der Waals surface area contributed by atoms with Crippen LogP contribution in [0.1, 0.15) is 6.42 Å². The van der Waals surface area contributed by atoms with E-state index in [1.165, 1.54) is 0 Å². The normalized spacial score (nSPS) is 24.6. The molecular formula is C7H11NOS. The van der Waals surface area contributed by atoms with E-state index in [1.54, 1.807) is 11.8 Å². The van der Waals surface area contributed by atoms with Crippen molar-refractivity contribution < 1.29 is 5.11 Å². The standard InChI is InChI=1S/C7H11NOS/c1-10-7-3-2-6(5-9)4-8-7/h3-4,6,9H,2,5H2,1H3. The van der Waals surface area contributed by atoms with Gasteiger partial charge in [0.15, 0.2) is 0 Å². The van der Waals surface area contributed by atoms with Crippen molar-refractivity contribution in [1.29, 1.82) is 0 Å². The molecule has 1 aliphatic rings. The number of nitrogens with zero attached hydrogens (tertiary/aromatic N) is 1. The van der Waals surface area contributed by atoms with E-state index >= 15 is 0 Å². The van der Waals surface area contributed by atoms with Gasteiger partial charge in [-0.1, -0.05) is 6.08 Å². The molecule has 0 saturated heterocycles. The highest BCUT2D eigenvalue weighted by Gasteiger charge is 2.06. The van der Waals surface area contributed by atoms with Crippen molar-refractivity contribution in [2.24, 2.45) is 10.9 Å². The third-order valence-electron chi connectivity index (χ3n) is 1.45. The molecular weight excluding hydrogens is 146 g/mol. The summed E-state index contributed by atoms with van der Waals surface area (Å²) in [5, 5.41) is 9.78. The zero-order valence-electron chi connectivity index (χ0n) is 5.95. The summed E-state index contributed by atoms with van der Waals surface area (Å²) in [6, 6.07) is 0. The van der Waals surface area contributed by atoms with Crippen molar-refractivity contribution in [3.05, 3.63) is 11.1 Å². The van der Waals surface area contributed by atoms with Crippen molar-refractivity contribution in [2.75, 3.05) is 12.9 Å². The fraction of sp³-hybridized carbons (Fsp3) is 0.571. The van der Waals surface area contributed by atoms with E-state index < -0.39 is 0 Å². The molecule has 2 nitrogen and oxygen atoms in total. The first kappa shape index (κ1) is 7.82. The molecule has 0 saturated carbocycles. The minimum Gasteiger partial charge on any atom is -0.396 e. The second-order valence-corrected chi connectivity index (χ2v) is 3.03. The zero-order chi connectivity index (χ0) is 7.40. The number of aliphatic imine (C=N–C) groups is 1. The van der Waals surface area contributed by atoms with Crippen LogP contribution in [0.3, 0.4) is 0 Å². The average molecular weight is 157 g/mol. The summed E-state index contributed by atoms with van der Waals surface area (Å²) in [6.07, 6.45) is 6.82. The van der Waals surface area contributed by atoms with Gasteiger partial charge >= 0.3 is 0 Å². The third kappa shape index (κ3) is 1.85. The summed E-state index contributed by atoms with van der Waals surface area (Å²) in [5.41, 5.74) is 0. The van der Waals surface area contributed by atoms with Gasteiger partial charge in [-0.3, -0.25) is 4.99 Å². The highest BCUT2D eigenvalue weighted by atomic mass is 32.2. The van der Waals surface area contributed by atoms with Gasteiger partial charge in [0, 0.05) is 12.1 Å². The number of aliphatic hydroxyl groups is 1. The Bertz CT molecular complexity index is 165. The summed E-state index contributed by atoms with van der Waals surface area (Å²) in [6.45, 7) is 0.210. The lowest BCUT2D eigenvalue weighted by Crippen LogP contribution is -2.08. The molecule has 0 aliphatic carbocycles. The molecule has 1 unspecified atom stereocenters. The lowest BCUT2D eigenvalue weighted by Gasteiger charge is -2.10. The van der Waals surface area contributed by atoms with Crippen LogP contribution in [-0.4, -0.2) is 24.2 Å². The maximum absolute atomic E-state index is 8.72. The highest BCUT2D eigenvalue weighted by molar-refractivity contribution is 8.02. The molecule has 0 aromatic heterocycles. The maximum Gasteiger partial charge on any atom is 0.0913 e. The molecule has 1 heterocycles. The molecule has 0 amide bonds. The van der Waals surface area contributed by atoms with Crippen molar-refractivity contribution in [3.63, 3.8) is 0 Å². The predicted molar refractivity (Wildman–Crippen MR) is 45.3 cm³/mol. The van der Waals surface area contributed by atoms with Crippen LogP contribution in [0.15, 0.2) is 16.1 Å². The first-order valence-electron chi connectivity index (χ1n) is 3.26. The Labute approximate surface area is 65.0 Å². The molecule has 1 rings (SSSR count). The molecule has 0 aromatic carbocycles. The second-order valence-electron chi connectivity index (χ2n) is 2.20. The van der Waals surface area contributed by atoms with Crippen molar-refractivity contribution in [2.45, 2.75) is 6.42 Å². The van der Waals surface area contributed by atoms with E-state index in [2.05, 4.69) is 11.1 Å². The summed E-state index contributed by atoms with van der Waals surface area (Å²) in [5.74, 6) is 0.246. The highest BCUT2D eigenvalue weighted by Crippen LogP contribution is 2.19. The van der Waals surface area contributed by atoms with Crippen LogP contribution >= 0.6 is 11.8 Å². The fourth-order valence-corrected chi connectivity index (χ4v) is 1.23. The average Bonchev–Trinajstić information content (AvgIpc) is 2.05. The minimum atomic E-state index is 0.210. The van der Waals surface area contributed by atoms with Crippen LogP contribution in [0.25, 0.3) is 0 Å². The van der Waals surface area contributed by atoms with Crippen molar-refractivity contribution >= 4 is 18.0 Å². The van der Waals surface area contributed by atoms with E-state index in [1.807, 2.05) is 12.5 Å². The Hall–Kier alpha value is -0.280. The fourth-order valence-electron chi connectivity index (χ4n) is 0.802. The predicted octanol–water partition coefficient (Wildman–Crippen LogP) is 1.27. The number of hydrogen-bond acceptors (Lipinski definition) is 3. The second kappa shape index (κ2) is 3.78. The Kier molecular flexibility index (Phi) is 2.96. The Balaban J connectivity index is 2.46. The quantitative estimate of drug-likeness (QED) is 0.654. The molecule has 56 valence electrons. The van der Waals surface area contributed by atoms with Gasteiger partial charge in [-0.25, -0.2) is 0 Å². The third-order valence-corrected chi connectivity index (χ3v) is 2.14. The molecule has 3 heteroatoms. The summed E-state index contributed by atoms with van der Waals surface area (Å²) in [4.78, 5) is 4.14. The van der Waals surface area contributed by atoms with Crippen LogP contribution in [0.2, 0.25) is 0 Å². The SMILES string of the molecule is CSC1=CCC(CO)C=N1. The number of hydrogen-bond donors (Lipinski definition) is 1. The lowest BCUT2D eigenvalue weighted by atomic mass is 10.1. The Morgan fingerprint density at radius 2 is 2.70 bits per heavy atom. The number of rotatable bonds is 2. The molecule has 0 bridgehead atoms. The van der Waals surface area contributed by atoms with E-state index in [4.69, 9.17) is 5.11 Å². The van der Waals surface area contributed by atoms with Crippen molar-refractivity contribution in [1.82, 2.24) is 0 Å². The summed E-state index contributed by atoms with van der Waals surface area (Å²) < 4.78 is 0. The molecule has 1 atom stereocenters. The van der Waals surface area contributed by atoms with Gasteiger partial charge in [-0.05, 0) is 12.7 Å². The molecule has 0 fully saturated rings. The van der Waals surface area contributed by atoms with E-state index in [0.29, 0.717) is 0 Å². The van der Waals surface area contributed by atoms with Crippen molar-refractivity contribution in [3.8, 4) is 0 Å². The molecule has 0 aromatic rings. The Morgan fingerprint density at radius 3 is 3.10 bits per heavy atom. The topological polar surface area (TPSA) is 32.6 Å². The van der Waals surface area contributed by atoms with Gasteiger partial charge in [0.2, 0.25) is 0 Å². The van der Waals surface area contributed by atoms with Crippen LogP contribution in [-0.2, 0) is 0 Å². The van der Waals surface area contributed by atoms with Gasteiger partial charge in [-0.15, -0.1) is 11.8 Å². The number of thioether (sulfide) groups is 1. The molecule has 10 heavy (non-hydrogen) atoms. The zero-order valence-corrected chi connectivity index (χ0v) is 6.77. The minimum absolute atomic E-state index is 0.210. The Morgan fingerprint density at radius 1 is 1.90 bits per heavy atom. The molecule has 0 radical (unpaired) electrons. The smallest absolute Gasteiger partial charge is 0.0913 e. The molecule has 1 N–H and O–H groups in total. The maximum atomic E-state index is 8.72. The van der Waals surface area contributed by atoms with Gasteiger partial charge in [-0.2, -0.15) is 0 Å². The first-order chi connectivity index (χ1) is 4.86. The number of allylic oxidation sites excluding steroid dienone is 1.